The van der Waals surface area contributed by atoms with E-state index in [0.717, 1.165) is 11.8 Å². The lowest BCUT2D eigenvalue weighted by molar-refractivity contribution is -0.113. The van der Waals surface area contributed by atoms with E-state index in [-0.39, 0.29) is 17.4 Å². The summed E-state index contributed by atoms with van der Waals surface area (Å²) in [6, 6.07) is 13.5. The molecule has 0 bridgehead atoms. The molecule has 1 aliphatic heterocycles. The largest absolute Gasteiger partial charge is 0.493 e. The summed E-state index contributed by atoms with van der Waals surface area (Å²) in [7, 11) is 1.44. The summed E-state index contributed by atoms with van der Waals surface area (Å²) < 4.78 is 29.2. The average molecular weight is 455 g/mol. The van der Waals surface area contributed by atoms with Crippen molar-refractivity contribution < 1.29 is 27.9 Å². The molecular weight excluding hydrogens is 441 g/mol. The number of nitrogens with zero attached hydrogens (tertiary/aromatic N) is 1. The summed E-state index contributed by atoms with van der Waals surface area (Å²) in [5.74, 6) is -0.784. The fourth-order valence-corrected chi connectivity index (χ4v) is 4.13. The van der Waals surface area contributed by atoms with Gasteiger partial charge in [0.25, 0.3) is 5.91 Å². The number of ether oxygens (including phenoxy) is 2. The molecule has 6 nitrogen and oxygen atoms in total. The van der Waals surface area contributed by atoms with Gasteiger partial charge in [0.1, 0.15) is 5.82 Å². The molecule has 1 amide bonds. The van der Waals surface area contributed by atoms with E-state index in [0.29, 0.717) is 26.2 Å². The maximum atomic E-state index is 13.2. The average Bonchev–Trinajstić information content (AvgIpc) is 3.39. The van der Waals surface area contributed by atoms with Crippen molar-refractivity contribution in [3.63, 3.8) is 0 Å². The minimum absolute atomic E-state index is 0.0654. The van der Waals surface area contributed by atoms with Crippen LogP contribution in [0.4, 0.5) is 10.1 Å². The molecule has 0 unspecified atom stereocenters. The summed E-state index contributed by atoms with van der Waals surface area (Å²) >= 11 is 6.46. The van der Waals surface area contributed by atoms with Gasteiger partial charge in [-0.1, -0.05) is 30.0 Å². The lowest BCUT2D eigenvalue weighted by atomic mass is 10.1. The van der Waals surface area contributed by atoms with E-state index in [4.69, 9.17) is 26.1 Å². The maximum absolute atomic E-state index is 13.2. The van der Waals surface area contributed by atoms with Gasteiger partial charge in [0.05, 0.1) is 24.0 Å². The van der Waals surface area contributed by atoms with Crippen LogP contribution in [-0.2, 0) is 4.79 Å². The molecule has 2 aromatic carbocycles. The van der Waals surface area contributed by atoms with E-state index in [1.807, 2.05) is 0 Å². The highest BCUT2D eigenvalue weighted by Gasteiger charge is 2.33. The quantitative estimate of drug-likeness (QED) is 0.231. The Kier molecular flexibility index (Phi) is 5.88. The van der Waals surface area contributed by atoms with Gasteiger partial charge in [-0.05, 0) is 60.2 Å². The monoisotopic (exact) mass is 455 g/mol. The van der Waals surface area contributed by atoms with E-state index in [2.05, 4.69) is 0 Å². The van der Waals surface area contributed by atoms with Crippen molar-refractivity contribution in [3.05, 3.63) is 82.9 Å². The molecule has 1 fully saturated rings. The Morgan fingerprint density at radius 1 is 1.16 bits per heavy atom. The summed E-state index contributed by atoms with van der Waals surface area (Å²) in [6.45, 7) is 0. The number of anilines is 1. The van der Waals surface area contributed by atoms with Crippen LogP contribution in [0.15, 0.2) is 70.2 Å². The van der Waals surface area contributed by atoms with E-state index >= 15 is 0 Å². The highest BCUT2D eigenvalue weighted by Crippen LogP contribution is 2.37. The number of benzene rings is 2. The lowest BCUT2D eigenvalue weighted by Gasteiger charge is -2.14. The highest BCUT2D eigenvalue weighted by atomic mass is 32.2. The van der Waals surface area contributed by atoms with Crippen LogP contribution >= 0.6 is 24.0 Å². The van der Waals surface area contributed by atoms with E-state index in [1.54, 1.807) is 30.3 Å². The molecule has 1 saturated heterocycles. The van der Waals surface area contributed by atoms with Gasteiger partial charge in [-0.3, -0.25) is 9.69 Å². The Balaban J connectivity index is 1.57. The van der Waals surface area contributed by atoms with Gasteiger partial charge in [-0.15, -0.1) is 0 Å². The molecule has 0 saturated carbocycles. The molecule has 3 aromatic rings. The first-order chi connectivity index (χ1) is 15.0. The number of carbonyl (C=O) groups is 2. The van der Waals surface area contributed by atoms with Crippen molar-refractivity contribution in [2.24, 2.45) is 0 Å². The van der Waals surface area contributed by atoms with Crippen LogP contribution in [0.1, 0.15) is 16.1 Å². The number of thiocarbonyl (C=S) groups is 1. The highest BCUT2D eigenvalue weighted by molar-refractivity contribution is 8.27. The normalized spacial score (nSPS) is 14.9. The number of halogens is 1. The maximum Gasteiger partial charge on any atom is 0.379 e. The minimum atomic E-state index is -0.656. The molecule has 4 rings (SSSR count). The number of hydrogen-bond donors (Lipinski definition) is 0. The fraction of sp³-hybridized carbons (Fsp3) is 0.0455. The fourth-order valence-electron chi connectivity index (χ4n) is 2.84. The Morgan fingerprint density at radius 2 is 1.94 bits per heavy atom. The molecule has 0 aliphatic carbocycles. The molecule has 9 heteroatoms. The Bertz CT molecular complexity index is 1190. The van der Waals surface area contributed by atoms with Gasteiger partial charge in [-0.2, -0.15) is 0 Å². The third-order valence-corrected chi connectivity index (χ3v) is 5.59. The first kappa shape index (κ1) is 20.8. The smallest absolute Gasteiger partial charge is 0.379 e. The second kappa shape index (κ2) is 8.75. The lowest BCUT2D eigenvalue weighted by Crippen LogP contribution is -2.27. The Labute approximate surface area is 186 Å². The topological polar surface area (TPSA) is 69.0 Å². The molecule has 2 heterocycles. The summed E-state index contributed by atoms with van der Waals surface area (Å²) in [5, 5.41) is 0. The van der Waals surface area contributed by atoms with E-state index in [1.165, 1.54) is 48.6 Å². The molecule has 156 valence electrons. The van der Waals surface area contributed by atoms with Gasteiger partial charge >= 0.3 is 5.97 Å². The van der Waals surface area contributed by atoms with Gasteiger partial charge in [0, 0.05) is 0 Å². The zero-order chi connectivity index (χ0) is 22.0. The zero-order valence-electron chi connectivity index (χ0n) is 16.0. The van der Waals surface area contributed by atoms with Crippen molar-refractivity contribution in [2.45, 2.75) is 0 Å². The van der Waals surface area contributed by atoms with Crippen LogP contribution in [-0.4, -0.2) is 23.3 Å². The molecule has 1 aromatic heterocycles. The van der Waals surface area contributed by atoms with Gasteiger partial charge in [-0.25, -0.2) is 9.18 Å². The predicted octanol–water partition coefficient (Wildman–Crippen LogP) is 5.05. The second-order valence-corrected chi connectivity index (χ2v) is 7.95. The number of esters is 1. The van der Waals surface area contributed by atoms with Crippen molar-refractivity contribution >= 4 is 51.9 Å². The second-order valence-electron chi connectivity index (χ2n) is 6.27. The molecule has 0 radical (unpaired) electrons. The van der Waals surface area contributed by atoms with Crippen LogP contribution in [0.25, 0.3) is 6.08 Å². The molecule has 31 heavy (non-hydrogen) atoms. The SMILES string of the molecule is COc1cc(/C=C2\SC(=S)N(c3ccc(F)cc3)C2=O)ccc1OC(=O)c1ccco1. The molecule has 0 atom stereocenters. The van der Waals surface area contributed by atoms with E-state index < -0.39 is 11.8 Å². The van der Waals surface area contributed by atoms with Crippen molar-refractivity contribution in [1.29, 1.82) is 0 Å². The number of furan rings is 1. The molecule has 1 aliphatic rings. The summed E-state index contributed by atoms with van der Waals surface area (Å²) in [5.41, 5.74) is 1.14. The molecule has 0 spiro atoms. The molecule has 0 N–H and O–H groups in total. The Morgan fingerprint density at radius 3 is 2.61 bits per heavy atom. The van der Waals surface area contributed by atoms with Crippen molar-refractivity contribution in [3.8, 4) is 11.5 Å². The van der Waals surface area contributed by atoms with Gasteiger partial charge in [0.2, 0.25) is 5.76 Å². The minimum Gasteiger partial charge on any atom is -0.493 e. The Hall–Kier alpha value is -3.43. The predicted molar refractivity (Wildman–Crippen MR) is 119 cm³/mol. The number of hydrogen-bond acceptors (Lipinski definition) is 7. The van der Waals surface area contributed by atoms with Crippen molar-refractivity contribution in [2.75, 3.05) is 12.0 Å². The molecular formula is C22H14FNO5S2. The van der Waals surface area contributed by atoms with Crippen LogP contribution in [0.2, 0.25) is 0 Å². The third kappa shape index (κ3) is 4.37. The van der Waals surface area contributed by atoms with E-state index in [9.17, 15) is 14.0 Å². The first-order valence-electron chi connectivity index (χ1n) is 8.93. The summed E-state index contributed by atoms with van der Waals surface area (Å²) in [4.78, 5) is 26.7. The first-order valence-corrected chi connectivity index (χ1v) is 10.2. The van der Waals surface area contributed by atoms with Gasteiger partial charge < -0.3 is 13.9 Å². The number of thioether (sulfide) groups is 1. The third-order valence-electron chi connectivity index (χ3n) is 4.29. The van der Waals surface area contributed by atoms with Crippen LogP contribution in [0, 0.1) is 5.82 Å². The van der Waals surface area contributed by atoms with Crippen molar-refractivity contribution in [1.82, 2.24) is 0 Å². The van der Waals surface area contributed by atoms with Crippen LogP contribution < -0.4 is 14.4 Å². The van der Waals surface area contributed by atoms with Gasteiger partial charge in [0.15, 0.2) is 15.8 Å². The number of methoxy groups -OCH3 is 1. The van der Waals surface area contributed by atoms with Crippen LogP contribution in [0.5, 0.6) is 11.5 Å². The number of amides is 1. The number of carbonyl (C=O) groups excluding carboxylic acids is 2. The summed E-state index contributed by atoms with van der Waals surface area (Å²) in [6.07, 6.45) is 3.03. The zero-order valence-corrected chi connectivity index (χ0v) is 17.7. The number of rotatable bonds is 5. The van der Waals surface area contributed by atoms with Crippen LogP contribution in [0.3, 0.4) is 0 Å². The standard InChI is InChI=1S/C22H14FNO5S2/c1-27-18-11-13(4-9-16(18)29-21(26)17-3-2-10-28-17)12-19-20(25)24(22(30)31-19)15-7-5-14(23)6-8-15/h2-12H,1H3/b19-12-.